The molecule has 5 aliphatic rings. The fraction of sp³-hybridized carbons (Fsp3) is 0.263. The highest BCUT2D eigenvalue weighted by molar-refractivity contribution is 6.98. The summed E-state index contributed by atoms with van der Waals surface area (Å²) in [6.07, 6.45) is 0. The Labute approximate surface area is 357 Å². The predicted octanol–water partition coefficient (Wildman–Crippen LogP) is 12.3. The van der Waals surface area contributed by atoms with Gasteiger partial charge in [0.15, 0.2) is 0 Å². The van der Waals surface area contributed by atoms with Gasteiger partial charge in [0.1, 0.15) is 0 Å². The van der Waals surface area contributed by atoms with E-state index in [4.69, 9.17) is 0 Å². The van der Waals surface area contributed by atoms with E-state index in [1.165, 1.54) is 95.2 Å². The molecule has 7 aromatic rings. The van der Waals surface area contributed by atoms with Crippen LogP contribution in [0.15, 0.2) is 140 Å². The zero-order chi connectivity index (χ0) is 41.5. The van der Waals surface area contributed by atoms with E-state index in [1.807, 2.05) is 0 Å². The van der Waals surface area contributed by atoms with Gasteiger partial charge in [-0.3, -0.25) is 0 Å². The van der Waals surface area contributed by atoms with Crippen molar-refractivity contribution in [2.24, 2.45) is 0 Å². The maximum Gasteiger partial charge on any atom is 0.243 e. The van der Waals surface area contributed by atoms with Crippen molar-refractivity contribution < 1.29 is 0 Å². The van der Waals surface area contributed by atoms with E-state index in [2.05, 4.69) is 219 Å². The molecule has 0 aromatic heterocycles. The van der Waals surface area contributed by atoms with Gasteiger partial charge in [-0.1, -0.05) is 177 Å². The molecule has 0 fully saturated rings. The van der Waals surface area contributed by atoms with Crippen LogP contribution in [-0.2, 0) is 27.1 Å². The Morgan fingerprint density at radius 3 is 1.07 bits per heavy atom. The molecule has 3 heteroatoms. The molecule has 5 aliphatic heterocycles. The van der Waals surface area contributed by atoms with Gasteiger partial charge in [-0.25, -0.2) is 0 Å². The van der Waals surface area contributed by atoms with Crippen LogP contribution >= 0.6 is 0 Å². The predicted molar refractivity (Wildman–Crippen MR) is 254 cm³/mol. The second-order valence-corrected chi connectivity index (χ2v) is 21.0. The molecule has 0 unspecified atom stereocenters. The number of hydrogen-bond donors (Lipinski definition) is 0. The summed E-state index contributed by atoms with van der Waals surface area (Å²) in [5.74, 6) is 0. The fourth-order valence-electron chi connectivity index (χ4n) is 12.9. The average molecular weight is 777 g/mol. The second kappa shape index (κ2) is 11.3. The number of para-hydroxylation sites is 3. The summed E-state index contributed by atoms with van der Waals surface area (Å²) in [6.45, 7) is 24.8. The van der Waals surface area contributed by atoms with Gasteiger partial charge in [-0.05, 0) is 104 Å². The van der Waals surface area contributed by atoms with Crippen molar-refractivity contribution in [3.05, 3.63) is 195 Å². The average Bonchev–Trinajstić information content (AvgIpc) is 3.23. The number of nitrogens with zero attached hydrogens (tertiary/aromatic N) is 2. The first-order valence-electron chi connectivity index (χ1n) is 22.1. The zero-order valence-electron chi connectivity index (χ0n) is 36.8. The summed E-state index contributed by atoms with van der Waals surface area (Å²) in [5, 5.41) is 0. The highest BCUT2D eigenvalue weighted by atomic mass is 15.2. The van der Waals surface area contributed by atoms with Gasteiger partial charge >= 0.3 is 0 Å². The van der Waals surface area contributed by atoms with E-state index in [-0.39, 0.29) is 33.8 Å². The number of rotatable bonds is 2. The molecule has 0 amide bonds. The van der Waals surface area contributed by atoms with Crippen LogP contribution in [0.2, 0.25) is 0 Å². The van der Waals surface area contributed by atoms with Crippen molar-refractivity contribution in [3.63, 3.8) is 0 Å². The fourth-order valence-corrected chi connectivity index (χ4v) is 12.9. The molecule has 7 aromatic carbocycles. The van der Waals surface area contributed by atoms with Crippen LogP contribution in [0.5, 0.6) is 0 Å². The lowest BCUT2D eigenvalue weighted by Gasteiger charge is -2.53. The van der Waals surface area contributed by atoms with Gasteiger partial charge in [0.25, 0.3) is 0 Å². The van der Waals surface area contributed by atoms with Gasteiger partial charge in [0.2, 0.25) is 6.71 Å². The Bertz CT molecular complexity index is 2940. The number of anilines is 6. The highest BCUT2D eigenvalue weighted by Gasteiger charge is 2.54. The topological polar surface area (TPSA) is 6.48 Å². The van der Waals surface area contributed by atoms with Crippen LogP contribution < -0.4 is 26.2 Å². The van der Waals surface area contributed by atoms with Crippen molar-refractivity contribution in [2.75, 3.05) is 9.80 Å². The molecule has 0 saturated carbocycles. The molecule has 0 atom stereocenters. The molecule has 0 spiro atoms. The van der Waals surface area contributed by atoms with Crippen LogP contribution in [0.4, 0.5) is 34.1 Å². The lowest BCUT2D eigenvalue weighted by atomic mass is 9.23. The van der Waals surface area contributed by atoms with Crippen molar-refractivity contribution in [3.8, 4) is 0 Å². The summed E-state index contributed by atoms with van der Waals surface area (Å²) in [7, 11) is 0. The van der Waals surface area contributed by atoms with Crippen molar-refractivity contribution in [2.45, 2.75) is 96.3 Å². The third kappa shape index (κ3) is 4.22. The van der Waals surface area contributed by atoms with Crippen LogP contribution in [0.25, 0.3) is 0 Å². The summed E-state index contributed by atoms with van der Waals surface area (Å²) in [6, 6.07) is 53.9. The Balaban J connectivity index is 1.17. The minimum atomic E-state index is -0.248. The minimum absolute atomic E-state index is 0.0775. The van der Waals surface area contributed by atoms with Gasteiger partial charge in [0, 0.05) is 38.4 Å². The summed E-state index contributed by atoms with van der Waals surface area (Å²) in [4.78, 5) is 5.15. The van der Waals surface area contributed by atoms with E-state index in [0.29, 0.717) is 0 Å². The van der Waals surface area contributed by atoms with Crippen molar-refractivity contribution in [1.82, 2.24) is 0 Å². The molecule has 0 saturated heterocycles. The molecule has 60 heavy (non-hydrogen) atoms. The summed E-state index contributed by atoms with van der Waals surface area (Å²) < 4.78 is 0. The normalized spacial score (nSPS) is 19.1. The molecular formula is C57H53BN2. The molecule has 0 N–H and O–H groups in total. The maximum absolute atomic E-state index is 2.64. The summed E-state index contributed by atoms with van der Waals surface area (Å²) >= 11 is 0. The van der Waals surface area contributed by atoms with Crippen LogP contribution in [0.3, 0.4) is 0 Å². The maximum atomic E-state index is 2.64. The molecule has 294 valence electrons. The minimum Gasteiger partial charge on any atom is -0.310 e. The van der Waals surface area contributed by atoms with E-state index >= 15 is 0 Å². The van der Waals surface area contributed by atoms with E-state index in [9.17, 15) is 0 Å². The first kappa shape index (κ1) is 36.1. The van der Waals surface area contributed by atoms with Gasteiger partial charge in [-0.15, -0.1) is 0 Å². The Morgan fingerprint density at radius 1 is 0.283 bits per heavy atom. The zero-order valence-corrected chi connectivity index (χ0v) is 36.8. The first-order valence-corrected chi connectivity index (χ1v) is 22.1. The SMILES string of the molecule is CC1(C)c2ccccc2N(c2ccccc2)c2cc3c(cc21)N(c1cc2c4c(c1)C(C)(C)c1cccc5c1B4c1c(cccc1C2(C)C)C5(C)C)c1ccccc1C3(C)C. The van der Waals surface area contributed by atoms with Crippen molar-refractivity contribution in [1.29, 1.82) is 0 Å². The number of benzene rings is 7. The molecule has 12 rings (SSSR count). The van der Waals surface area contributed by atoms with Gasteiger partial charge < -0.3 is 9.80 Å². The number of hydrogen-bond acceptors (Lipinski definition) is 2. The Kier molecular flexibility index (Phi) is 6.81. The standard InChI is InChI=1S/C57H53BN2/c1-53(2)36-22-14-16-28-46(36)59(34-20-12-11-13-21-34)48-32-43-49(33-42(48)53)60(47-29-17-15-23-37(47)54(43,3)4)35-30-44-52-45(31-35)57(9,10)41-27-19-25-39-51(41)58(52)50-38(55(39,5)6)24-18-26-40(50)56(44,7)8/h11-33H,1-10H3. The molecule has 0 aliphatic carbocycles. The molecule has 2 nitrogen and oxygen atoms in total. The van der Waals surface area contributed by atoms with Crippen LogP contribution in [0.1, 0.15) is 125 Å². The number of fused-ring (bicyclic) bond motifs is 4. The molecule has 5 heterocycles. The summed E-state index contributed by atoms with van der Waals surface area (Å²) in [5.41, 5.74) is 25.4. The largest absolute Gasteiger partial charge is 0.310 e. The van der Waals surface area contributed by atoms with E-state index < -0.39 is 0 Å². The second-order valence-electron chi connectivity index (χ2n) is 21.0. The van der Waals surface area contributed by atoms with Crippen LogP contribution in [-0.4, -0.2) is 6.71 Å². The third-order valence-electron chi connectivity index (χ3n) is 16.1. The lowest BCUT2D eigenvalue weighted by Crippen LogP contribution is -2.71. The quantitative estimate of drug-likeness (QED) is 0.161. The Morgan fingerprint density at radius 2 is 0.617 bits per heavy atom. The van der Waals surface area contributed by atoms with Gasteiger partial charge in [-0.2, -0.15) is 0 Å². The monoisotopic (exact) mass is 776 g/mol. The van der Waals surface area contributed by atoms with Gasteiger partial charge in [0.05, 0.1) is 22.7 Å². The molecule has 0 radical (unpaired) electrons. The van der Waals surface area contributed by atoms with Crippen LogP contribution in [0, 0.1) is 0 Å². The van der Waals surface area contributed by atoms with E-state index in [0.717, 1.165) is 0 Å². The third-order valence-corrected chi connectivity index (χ3v) is 16.1. The smallest absolute Gasteiger partial charge is 0.243 e. The molecular weight excluding hydrogens is 723 g/mol. The lowest BCUT2D eigenvalue weighted by molar-refractivity contribution is 0.598. The van der Waals surface area contributed by atoms with E-state index in [1.54, 1.807) is 10.9 Å². The Hall–Kier alpha value is -5.80. The first-order chi connectivity index (χ1) is 28.6. The molecule has 0 bridgehead atoms. The van der Waals surface area contributed by atoms with Crippen molar-refractivity contribution >= 4 is 57.2 Å². The highest BCUT2D eigenvalue weighted by Crippen LogP contribution is 2.59.